The third-order valence-electron chi connectivity index (χ3n) is 5.54. The van der Waals surface area contributed by atoms with Gasteiger partial charge in [0.05, 0.1) is 6.04 Å². The number of likely N-dealkylation sites (tertiary alicyclic amines) is 1. The lowest BCUT2D eigenvalue weighted by Gasteiger charge is -2.40. The zero-order chi connectivity index (χ0) is 19.7. The van der Waals surface area contributed by atoms with Crippen molar-refractivity contribution in [3.05, 3.63) is 81.8 Å². The fourth-order valence-electron chi connectivity index (χ4n) is 4.27. The lowest BCUT2D eigenvalue weighted by molar-refractivity contribution is -0.145. The van der Waals surface area contributed by atoms with E-state index in [1.807, 2.05) is 30.3 Å². The number of halogens is 2. The first-order chi connectivity index (χ1) is 13.6. The molecule has 0 saturated carbocycles. The van der Waals surface area contributed by atoms with E-state index < -0.39 is 12.0 Å². The Kier molecular flexibility index (Phi) is 5.58. The molecule has 0 aliphatic carbocycles. The minimum atomic E-state index is -0.782. The molecule has 0 spiro atoms. The van der Waals surface area contributed by atoms with E-state index in [0.717, 1.165) is 34.7 Å². The molecule has 0 amide bonds. The summed E-state index contributed by atoms with van der Waals surface area (Å²) in [5.74, 6) is -0.782. The molecule has 0 radical (unpaired) electrons. The van der Waals surface area contributed by atoms with Crippen LogP contribution >= 0.6 is 23.2 Å². The lowest BCUT2D eigenvalue weighted by atomic mass is 9.89. The molecule has 2 unspecified atom stereocenters. The van der Waals surface area contributed by atoms with Gasteiger partial charge in [0.15, 0.2) is 0 Å². The Balaban J connectivity index is 1.94. The van der Waals surface area contributed by atoms with Crippen molar-refractivity contribution >= 4 is 39.9 Å². The summed E-state index contributed by atoms with van der Waals surface area (Å²) in [4.78, 5) is 14.1. The van der Waals surface area contributed by atoms with E-state index >= 15 is 0 Å². The van der Waals surface area contributed by atoms with E-state index in [1.54, 1.807) is 6.07 Å². The Morgan fingerprint density at radius 3 is 2.57 bits per heavy atom. The second-order valence-corrected chi connectivity index (χ2v) is 8.07. The highest BCUT2D eigenvalue weighted by Gasteiger charge is 2.36. The van der Waals surface area contributed by atoms with Gasteiger partial charge in [-0.25, -0.2) is 0 Å². The molecule has 3 aromatic rings. The van der Waals surface area contributed by atoms with Gasteiger partial charge in [-0.1, -0.05) is 78.2 Å². The first kappa shape index (κ1) is 19.3. The summed E-state index contributed by atoms with van der Waals surface area (Å²) in [6.07, 6.45) is 2.53. The van der Waals surface area contributed by atoms with Crippen molar-refractivity contribution in [2.24, 2.45) is 0 Å². The smallest absolute Gasteiger partial charge is 0.320 e. The van der Waals surface area contributed by atoms with Crippen LogP contribution in [0.25, 0.3) is 10.8 Å². The molecular weight excluding hydrogens is 393 g/mol. The van der Waals surface area contributed by atoms with Crippen LogP contribution in [-0.4, -0.2) is 28.6 Å². The van der Waals surface area contributed by atoms with Crippen LogP contribution in [0.5, 0.6) is 0 Å². The predicted octanol–water partition coefficient (Wildman–Crippen LogP) is 6.18. The van der Waals surface area contributed by atoms with Gasteiger partial charge in [0, 0.05) is 10.0 Å². The quantitative estimate of drug-likeness (QED) is 0.555. The number of piperidine rings is 1. The molecule has 0 aromatic heterocycles. The number of hydrogen-bond donors (Lipinski definition) is 1. The Bertz CT molecular complexity index is 1020. The molecule has 1 saturated heterocycles. The molecule has 3 aromatic carbocycles. The number of carboxylic acid groups (broad SMARTS) is 1. The van der Waals surface area contributed by atoms with Gasteiger partial charge in [0.1, 0.15) is 6.04 Å². The van der Waals surface area contributed by atoms with Gasteiger partial charge >= 0.3 is 5.97 Å². The van der Waals surface area contributed by atoms with E-state index in [0.29, 0.717) is 23.0 Å². The van der Waals surface area contributed by atoms with Crippen molar-refractivity contribution in [1.29, 1.82) is 0 Å². The van der Waals surface area contributed by atoms with Crippen LogP contribution < -0.4 is 0 Å². The average Bonchev–Trinajstić information content (AvgIpc) is 2.70. The average molecular weight is 414 g/mol. The molecule has 0 bridgehead atoms. The van der Waals surface area contributed by atoms with Gasteiger partial charge in [-0.2, -0.15) is 0 Å². The third kappa shape index (κ3) is 3.62. The summed E-state index contributed by atoms with van der Waals surface area (Å²) >= 11 is 12.7. The molecule has 5 heteroatoms. The monoisotopic (exact) mass is 413 g/mol. The highest BCUT2D eigenvalue weighted by Crippen LogP contribution is 2.40. The molecule has 1 heterocycles. The van der Waals surface area contributed by atoms with Crippen LogP contribution in [0.2, 0.25) is 10.0 Å². The Morgan fingerprint density at radius 2 is 1.79 bits per heavy atom. The van der Waals surface area contributed by atoms with Crippen molar-refractivity contribution in [2.45, 2.75) is 31.3 Å². The first-order valence-electron chi connectivity index (χ1n) is 9.47. The van der Waals surface area contributed by atoms with Crippen LogP contribution in [0.3, 0.4) is 0 Å². The number of carboxylic acids is 1. The van der Waals surface area contributed by atoms with Crippen LogP contribution in [0.15, 0.2) is 60.7 Å². The summed E-state index contributed by atoms with van der Waals surface area (Å²) in [6, 6.07) is 19.0. The summed E-state index contributed by atoms with van der Waals surface area (Å²) < 4.78 is 0. The minimum Gasteiger partial charge on any atom is -0.480 e. The number of hydrogen-bond acceptors (Lipinski definition) is 2. The topological polar surface area (TPSA) is 40.5 Å². The van der Waals surface area contributed by atoms with E-state index in [2.05, 4.69) is 29.2 Å². The first-order valence-corrected chi connectivity index (χ1v) is 10.2. The molecule has 2 atom stereocenters. The second kappa shape index (κ2) is 8.12. The molecule has 28 heavy (non-hydrogen) atoms. The molecular formula is C23H21Cl2NO2. The second-order valence-electron chi connectivity index (χ2n) is 7.22. The Morgan fingerprint density at radius 1 is 1.00 bits per heavy atom. The fourth-order valence-corrected chi connectivity index (χ4v) is 4.78. The number of aliphatic carboxylic acids is 1. The maximum Gasteiger partial charge on any atom is 0.320 e. The van der Waals surface area contributed by atoms with E-state index in [1.165, 1.54) is 0 Å². The number of benzene rings is 3. The number of carbonyl (C=O) groups is 1. The maximum absolute atomic E-state index is 12.0. The van der Waals surface area contributed by atoms with Gasteiger partial charge in [-0.15, -0.1) is 0 Å². The van der Waals surface area contributed by atoms with Crippen LogP contribution in [0.4, 0.5) is 0 Å². The molecule has 1 aliphatic rings. The lowest BCUT2D eigenvalue weighted by Crippen LogP contribution is -2.47. The number of nitrogens with zero attached hydrogens (tertiary/aromatic N) is 1. The highest BCUT2D eigenvalue weighted by atomic mass is 35.5. The van der Waals surface area contributed by atoms with Crippen molar-refractivity contribution < 1.29 is 9.90 Å². The zero-order valence-electron chi connectivity index (χ0n) is 15.3. The van der Waals surface area contributed by atoms with Crippen molar-refractivity contribution in [2.75, 3.05) is 6.54 Å². The minimum absolute atomic E-state index is 0.253. The fraction of sp³-hybridized carbons (Fsp3) is 0.261. The van der Waals surface area contributed by atoms with Crippen molar-refractivity contribution in [1.82, 2.24) is 4.90 Å². The van der Waals surface area contributed by atoms with E-state index in [-0.39, 0.29) is 6.04 Å². The number of rotatable bonds is 4. The Labute approximate surface area is 174 Å². The highest BCUT2D eigenvalue weighted by molar-refractivity contribution is 6.35. The Hall–Kier alpha value is -2.07. The third-order valence-corrected chi connectivity index (χ3v) is 6.10. The van der Waals surface area contributed by atoms with Crippen molar-refractivity contribution in [3.8, 4) is 0 Å². The van der Waals surface area contributed by atoms with Gasteiger partial charge in [-0.3, -0.25) is 9.69 Å². The van der Waals surface area contributed by atoms with E-state index in [4.69, 9.17) is 23.2 Å². The summed E-state index contributed by atoms with van der Waals surface area (Å²) in [5.41, 5.74) is 1.95. The molecule has 1 aliphatic heterocycles. The normalized spacial score (nSPS) is 18.9. The largest absolute Gasteiger partial charge is 0.480 e. The molecule has 144 valence electrons. The molecule has 1 fully saturated rings. The van der Waals surface area contributed by atoms with Crippen molar-refractivity contribution in [3.63, 3.8) is 0 Å². The summed E-state index contributed by atoms with van der Waals surface area (Å²) in [5, 5.41) is 13.2. The van der Waals surface area contributed by atoms with Crippen LogP contribution in [0, 0.1) is 0 Å². The molecule has 4 rings (SSSR count). The van der Waals surface area contributed by atoms with Gasteiger partial charge in [-0.05, 0) is 53.4 Å². The maximum atomic E-state index is 12.0. The van der Waals surface area contributed by atoms with E-state index in [9.17, 15) is 9.90 Å². The molecule has 1 N–H and O–H groups in total. The number of fused-ring (bicyclic) bond motifs is 1. The van der Waals surface area contributed by atoms with Gasteiger partial charge in [0.2, 0.25) is 0 Å². The van der Waals surface area contributed by atoms with Gasteiger partial charge in [0.25, 0.3) is 0 Å². The van der Waals surface area contributed by atoms with Crippen LogP contribution in [-0.2, 0) is 4.79 Å². The van der Waals surface area contributed by atoms with Gasteiger partial charge < -0.3 is 5.11 Å². The van der Waals surface area contributed by atoms with Crippen LogP contribution in [0.1, 0.15) is 36.4 Å². The predicted molar refractivity (Wildman–Crippen MR) is 114 cm³/mol. The summed E-state index contributed by atoms with van der Waals surface area (Å²) in [7, 11) is 0. The standard InChI is InChI=1S/C23H21Cl2NO2/c24-16-11-12-19(20(25)14-16)22(26-13-4-3-10-21(26)23(27)28)18-9-5-7-15-6-1-2-8-17(15)18/h1-2,5-9,11-12,14,21-22H,3-4,10,13H2,(H,27,28). The SMILES string of the molecule is O=C(O)C1CCCCN1C(c1ccc(Cl)cc1Cl)c1cccc2ccccc12. The summed E-state index contributed by atoms with van der Waals surface area (Å²) in [6.45, 7) is 0.712. The zero-order valence-corrected chi connectivity index (χ0v) is 16.8. The molecule has 3 nitrogen and oxygen atoms in total.